The van der Waals surface area contributed by atoms with Gasteiger partial charge in [-0.2, -0.15) is 0 Å². The topological polar surface area (TPSA) is 75.6 Å². The summed E-state index contributed by atoms with van der Waals surface area (Å²) in [7, 11) is 1.92. The van der Waals surface area contributed by atoms with Gasteiger partial charge in [0.25, 0.3) is 0 Å². The standard InChI is InChI=1S/C19H22F2N4O3/c1-24-6-2-3-16(24)17(25-7-9-28-10-8-25)12-22-18(26)19(27)23-13-4-5-14(20)15(21)11-13/h2-6,11,17H,7-10,12H2,1H3,(H,22,26)(H,23,27)/t17-/m0/s1. The van der Waals surface area contributed by atoms with E-state index in [1.54, 1.807) is 0 Å². The minimum absolute atomic E-state index is 0.00575. The molecule has 0 aliphatic carbocycles. The van der Waals surface area contributed by atoms with E-state index in [2.05, 4.69) is 15.5 Å². The summed E-state index contributed by atoms with van der Waals surface area (Å²) in [6, 6.07) is 6.65. The summed E-state index contributed by atoms with van der Waals surface area (Å²) in [6.07, 6.45) is 1.92. The predicted octanol–water partition coefficient (Wildman–Crippen LogP) is 1.43. The number of aromatic nitrogens is 1. The summed E-state index contributed by atoms with van der Waals surface area (Å²) in [5, 5.41) is 4.89. The minimum Gasteiger partial charge on any atom is -0.379 e. The summed E-state index contributed by atoms with van der Waals surface area (Å²) in [5.74, 6) is -3.93. The SMILES string of the molecule is Cn1cccc1[C@H](CNC(=O)C(=O)Nc1ccc(F)c(F)c1)N1CCOCC1. The highest BCUT2D eigenvalue weighted by molar-refractivity contribution is 6.39. The molecule has 0 radical (unpaired) electrons. The molecule has 1 aromatic carbocycles. The fourth-order valence-corrected chi connectivity index (χ4v) is 3.16. The van der Waals surface area contributed by atoms with Crippen LogP contribution >= 0.6 is 0 Å². The quantitative estimate of drug-likeness (QED) is 0.755. The average Bonchev–Trinajstić information content (AvgIpc) is 3.11. The van der Waals surface area contributed by atoms with E-state index in [-0.39, 0.29) is 18.3 Å². The second-order valence-corrected chi connectivity index (χ2v) is 6.50. The number of morpholine rings is 1. The Morgan fingerprint density at radius 3 is 2.54 bits per heavy atom. The first kappa shape index (κ1) is 20.0. The maximum absolute atomic E-state index is 13.2. The third-order valence-corrected chi connectivity index (χ3v) is 4.65. The lowest BCUT2D eigenvalue weighted by Crippen LogP contribution is -2.46. The minimum atomic E-state index is -1.10. The number of ether oxygens (including phenoxy) is 1. The molecule has 7 nitrogen and oxygen atoms in total. The van der Waals surface area contributed by atoms with E-state index in [1.165, 1.54) is 6.07 Å². The van der Waals surface area contributed by atoms with Crippen molar-refractivity contribution in [3.05, 3.63) is 53.9 Å². The fourth-order valence-electron chi connectivity index (χ4n) is 3.16. The highest BCUT2D eigenvalue weighted by Crippen LogP contribution is 2.21. The molecular formula is C19H22F2N4O3. The summed E-state index contributed by atoms with van der Waals surface area (Å²) in [5.41, 5.74) is 1.01. The Labute approximate surface area is 161 Å². The van der Waals surface area contributed by atoms with Crippen molar-refractivity contribution in [1.82, 2.24) is 14.8 Å². The van der Waals surface area contributed by atoms with Gasteiger partial charge in [0.15, 0.2) is 11.6 Å². The maximum Gasteiger partial charge on any atom is 0.313 e. The number of carbonyl (C=O) groups excluding carboxylic acids is 2. The van der Waals surface area contributed by atoms with E-state index in [9.17, 15) is 18.4 Å². The number of hydrogen-bond acceptors (Lipinski definition) is 4. The number of carbonyl (C=O) groups is 2. The molecule has 3 rings (SSSR count). The van der Waals surface area contributed by atoms with Gasteiger partial charge in [-0.25, -0.2) is 8.78 Å². The van der Waals surface area contributed by atoms with Crippen molar-refractivity contribution >= 4 is 17.5 Å². The molecule has 1 aromatic heterocycles. The number of anilines is 1. The summed E-state index contributed by atoms with van der Waals surface area (Å²) >= 11 is 0. The molecule has 28 heavy (non-hydrogen) atoms. The molecule has 150 valence electrons. The summed E-state index contributed by atoms with van der Waals surface area (Å²) in [4.78, 5) is 26.5. The molecule has 2 N–H and O–H groups in total. The first-order chi connectivity index (χ1) is 13.5. The Balaban J connectivity index is 1.63. The molecule has 0 bridgehead atoms. The van der Waals surface area contributed by atoms with Crippen LogP contribution in [0.5, 0.6) is 0 Å². The molecule has 0 saturated carbocycles. The van der Waals surface area contributed by atoms with Gasteiger partial charge in [-0.1, -0.05) is 0 Å². The number of rotatable bonds is 5. The summed E-state index contributed by atoms with van der Waals surface area (Å²) in [6.45, 7) is 2.86. The largest absolute Gasteiger partial charge is 0.379 e. The number of hydrogen-bond donors (Lipinski definition) is 2. The van der Waals surface area contributed by atoms with Crippen LogP contribution in [0.3, 0.4) is 0 Å². The highest BCUT2D eigenvalue weighted by atomic mass is 19.2. The highest BCUT2D eigenvalue weighted by Gasteiger charge is 2.26. The van der Waals surface area contributed by atoms with Crippen molar-refractivity contribution in [2.75, 3.05) is 38.2 Å². The van der Waals surface area contributed by atoms with Crippen molar-refractivity contribution in [2.45, 2.75) is 6.04 Å². The second kappa shape index (κ2) is 8.94. The Kier molecular flexibility index (Phi) is 6.37. The first-order valence-electron chi connectivity index (χ1n) is 8.93. The van der Waals surface area contributed by atoms with Gasteiger partial charge in [0, 0.05) is 50.3 Å². The number of nitrogens with zero attached hydrogens (tertiary/aromatic N) is 2. The molecule has 2 aromatic rings. The fraction of sp³-hybridized carbons (Fsp3) is 0.368. The zero-order chi connectivity index (χ0) is 20.1. The molecule has 1 saturated heterocycles. The van der Waals surface area contributed by atoms with E-state index in [1.807, 2.05) is 29.9 Å². The van der Waals surface area contributed by atoms with Crippen LogP contribution < -0.4 is 10.6 Å². The Morgan fingerprint density at radius 2 is 1.89 bits per heavy atom. The zero-order valence-corrected chi connectivity index (χ0v) is 15.5. The van der Waals surface area contributed by atoms with E-state index in [0.717, 1.165) is 17.8 Å². The summed E-state index contributed by atoms with van der Waals surface area (Å²) < 4.78 is 33.6. The van der Waals surface area contributed by atoms with Crippen LogP contribution in [0, 0.1) is 11.6 Å². The predicted molar refractivity (Wildman–Crippen MR) is 98.5 cm³/mol. The van der Waals surface area contributed by atoms with Gasteiger partial charge in [0.05, 0.1) is 19.3 Å². The van der Waals surface area contributed by atoms with Crippen molar-refractivity contribution in [2.24, 2.45) is 7.05 Å². The van der Waals surface area contributed by atoms with Crippen LogP contribution in [0.15, 0.2) is 36.5 Å². The molecule has 1 aliphatic rings. The van der Waals surface area contributed by atoms with Gasteiger partial charge in [-0.3, -0.25) is 14.5 Å². The maximum atomic E-state index is 13.2. The zero-order valence-electron chi connectivity index (χ0n) is 15.5. The smallest absolute Gasteiger partial charge is 0.313 e. The molecule has 0 unspecified atom stereocenters. The van der Waals surface area contributed by atoms with Crippen LogP contribution in [-0.2, 0) is 21.4 Å². The molecule has 1 aliphatic heterocycles. The molecule has 9 heteroatoms. The number of halogens is 2. The Hall–Kier alpha value is -2.78. The second-order valence-electron chi connectivity index (χ2n) is 6.50. The van der Waals surface area contributed by atoms with Crippen molar-refractivity contribution in [3.8, 4) is 0 Å². The van der Waals surface area contributed by atoms with Gasteiger partial charge in [-0.05, 0) is 24.3 Å². The van der Waals surface area contributed by atoms with Crippen LogP contribution in [0.1, 0.15) is 11.7 Å². The molecule has 1 atom stereocenters. The van der Waals surface area contributed by atoms with Gasteiger partial charge in [0.1, 0.15) is 0 Å². The lowest BCUT2D eigenvalue weighted by Gasteiger charge is -2.34. The number of nitrogens with one attached hydrogen (secondary N) is 2. The number of benzene rings is 1. The van der Waals surface area contributed by atoms with E-state index >= 15 is 0 Å². The molecule has 1 fully saturated rings. The van der Waals surface area contributed by atoms with Gasteiger partial charge < -0.3 is 19.9 Å². The molecule has 2 heterocycles. The molecular weight excluding hydrogens is 370 g/mol. The Bertz CT molecular complexity index is 849. The van der Waals surface area contributed by atoms with Crippen LogP contribution in [0.25, 0.3) is 0 Å². The Morgan fingerprint density at radius 1 is 1.14 bits per heavy atom. The average molecular weight is 392 g/mol. The third-order valence-electron chi connectivity index (χ3n) is 4.65. The van der Waals surface area contributed by atoms with Gasteiger partial charge in [0.2, 0.25) is 0 Å². The first-order valence-corrected chi connectivity index (χ1v) is 8.93. The normalized spacial score (nSPS) is 15.8. The lowest BCUT2D eigenvalue weighted by atomic mass is 10.1. The van der Waals surface area contributed by atoms with Gasteiger partial charge >= 0.3 is 11.8 Å². The van der Waals surface area contributed by atoms with Crippen molar-refractivity contribution in [3.63, 3.8) is 0 Å². The van der Waals surface area contributed by atoms with Crippen LogP contribution in [0.4, 0.5) is 14.5 Å². The van der Waals surface area contributed by atoms with E-state index in [0.29, 0.717) is 26.3 Å². The number of aryl methyl sites for hydroxylation is 1. The molecule has 0 spiro atoms. The van der Waals surface area contributed by atoms with Crippen molar-refractivity contribution in [1.29, 1.82) is 0 Å². The lowest BCUT2D eigenvalue weighted by molar-refractivity contribution is -0.136. The van der Waals surface area contributed by atoms with Crippen molar-refractivity contribution < 1.29 is 23.1 Å². The number of amides is 2. The monoisotopic (exact) mass is 392 g/mol. The van der Waals surface area contributed by atoms with E-state index in [4.69, 9.17) is 4.74 Å². The van der Waals surface area contributed by atoms with E-state index < -0.39 is 23.4 Å². The van der Waals surface area contributed by atoms with Crippen LogP contribution in [0.2, 0.25) is 0 Å². The third kappa shape index (κ3) is 4.73. The molecule has 2 amide bonds. The van der Waals surface area contributed by atoms with Crippen LogP contribution in [-0.4, -0.2) is 54.1 Å². The van der Waals surface area contributed by atoms with Gasteiger partial charge in [-0.15, -0.1) is 0 Å².